The van der Waals surface area contributed by atoms with Crippen molar-refractivity contribution in [2.75, 3.05) is 27.2 Å². The van der Waals surface area contributed by atoms with Crippen LogP contribution in [0, 0.1) is 11.7 Å². The van der Waals surface area contributed by atoms with Crippen molar-refractivity contribution in [2.24, 2.45) is 10.9 Å². The average molecular weight is 309 g/mol. The van der Waals surface area contributed by atoms with Gasteiger partial charge in [0.2, 0.25) is 5.91 Å². The van der Waals surface area contributed by atoms with Crippen LogP contribution in [-0.2, 0) is 11.3 Å². The van der Waals surface area contributed by atoms with Crippen LogP contribution in [0.15, 0.2) is 23.3 Å². The number of guanidine groups is 1. The van der Waals surface area contributed by atoms with Crippen LogP contribution >= 0.6 is 0 Å². The van der Waals surface area contributed by atoms with Crippen molar-refractivity contribution in [1.82, 2.24) is 20.5 Å². The predicted molar refractivity (Wildman–Crippen MR) is 84.9 cm³/mol. The van der Waals surface area contributed by atoms with Gasteiger partial charge >= 0.3 is 0 Å². The summed E-state index contributed by atoms with van der Waals surface area (Å²) in [5.41, 5.74) is 0.270. The van der Waals surface area contributed by atoms with Crippen LogP contribution in [0.2, 0.25) is 0 Å². The molecular formula is C15H24FN5O. The van der Waals surface area contributed by atoms with E-state index in [-0.39, 0.29) is 30.5 Å². The number of halogens is 1. The zero-order valence-electron chi connectivity index (χ0n) is 13.6. The Labute approximate surface area is 130 Å². The number of carbonyl (C=O) groups is 1. The summed E-state index contributed by atoms with van der Waals surface area (Å²) in [6.07, 6.45) is 1.53. The minimum Gasteiger partial charge on any atom is -0.356 e. The van der Waals surface area contributed by atoms with Gasteiger partial charge in [-0.15, -0.1) is 0 Å². The maximum atomic E-state index is 13.5. The van der Waals surface area contributed by atoms with E-state index in [0.717, 1.165) is 0 Å². The van der Waals surface area contributed by atoms with Crippen molar-refractivity contribution in [3.05, 3.63) is 29.8 Å². The zero-order valence-corrected chi connectivity index (χ0v) is 13.6. The van der Waals surface area contributed by atoms with Gasteiger partial charge in [-0.2, -0.15) is 0 Å². The van der Waals surface area contributed by atoms with Crippen molar-refractivity contribution in [2.45, 2.75) is 20.4 Å². The number of carbonyl (C=O) groups excluding carboxylic acids is 1. The van der Waals surface area contributed by atoms with E-state index >= 15 is 0 Å². The molecule has 0 aromatic carbocycles. The first kappa shape index (κ1) is 17.9. The zero-order chi connectivity index (χ0) is 16.5. The van der Waals surface area contributed by atoms with E-state index in [2.05, 4.69) is 34.5 Å². The third kappa shape index (κ3) is 6.51. The summed E-state index contributed by atoms with van der Waals surface area (Å²) in [7, 11) is 3.37. The number of nitrogens with one attached hydrogen (secondary N) is 2. The summed E-state index contributed by atoms with van der Waals surface area (Å²) in [5.74, 6) is 0.430. The quantitative estimate of drug-likeness (QED) is 0.607. The first-order chi connectivity index (χ1) is 10.4. The maximum Gasteiger partial charge on any atom is 0.241 e. The summed E-state index contributed by atoms with van der Waals surface area (Å²) >= 11 is 0. The number of hydrogen-bond acceptors (Lipinski definition) is 3. The summed E-state index contributed by atoms with van der Waals surface area (Å²) in [6.45, 7) is 5.06. The number of amides is 1. The van der Waals surface area contributed by atoms with E-state index in [1.165, 1.54) is 23.2 Å². The lowest BCUT2D eigenvalue weighted by Gasteiger charge is -2.16. The Morgan fingerprint density at radius 3 is 2.73 bits per heavy atom. The molecule has 0 unspecified atom stereocenters. The van der Waals surface area contributed by atoms with Gasteiger partial charge in [-0.1, -0.05) is 13.8 Å². The lowest BCUT2D eigenvalue weighted by molar-refractivity contribution is -0.127. The molecule has 1 aromatic heterocycles. The molecule has 0 bridgehead atoms. The lowest BCUT2D eigenvalue weighted by Crippen LogP contribution is -2.44. The summed E-state index contributed by atoms with van der Waals surface area (Å²) in [6, 6.07) is 2.89. The van der Waals surface area contributed by atoms with Gasteiger partial charge in [-0.25, -0.2) is 9.38 Å². The van der Waals surface area contributed by atoms with Gasteiger partial charge in [0.25, 0.3) is 0 Å². The maximum absolute atomic E-state index is 13.5. The third-order valence-corrected chi connectivity index (χ3v) is 2.81. The summed E-state index contributed by atoms with van der Waals surface area (Å²) in [4.78, 5) is 21.3. The van der Waals surface area contributed by atoms with Gasteiger partial charge in [0, 0.05) is 26.8 Å². The fraction of sp³-hybridized carbons (Fsp3) is 0.533. The number of nitrogens with zero attached hydrogens (tertiary/aromatic N) is 3. The monoisotopic (exact) mass is 309 g/mol. The van der Waals surface area contributed by atoms with Crippen LogP contribution < -0.4 is 10.6 Å². The Kier molecular flexibility index (Phi) is 7.28. The highest BCUT2D eigenvalue weighted by Gasteiger charge is 2.07. The second-order valence-corrected chi connectivity index (χ2v) is 5.51. The van der Waals surface area contributed by atoms with E-state index in [0.29, 0.717) is 18.4 Å². The van der Waals surface area contributed by atoms with E-state index in [4.69, 9.17) is 0 Å². The molecule has 0 aliphatic carbocycles. The molecule has 0 saturated carbocycles. The first-order valence-corrected chi connectivity index (χ1v) is 7.22. The second-order valence-electron chi connectivity index (χ2n) is 5.51. The minimum absolute atomic E-state index is 0.0666. The summed E-state index contributed by atoms with van der Waals surface area (Å²) < 4.78 is 13.5. The molecular weight excluding hydrogens is 285 g/mol. The van der Waals surface area contributed by atoms with Crippen LogP contribution in [0.1, 0.15) is 19.5 Å². The SMILES string of the molecule is CC(C)CNC(=NCc1ncccc1F)NCC(=O)N(C)C. The first-order valence-electron chi connectivity index (χ1n) is 7.22. The normalized spacial score (nSPS) is 11.5. The van der Waals surface area contributed by atoms with E-state index in [1.54, 1.807) is 14.1 Å². The van der Waals surface area contributed by atoms with Crippen LogP contribution in [0.4, 0.5) is 4.39 Å². The molecule has 1 rings (SSSR count). The van der Waals surface area contributed by atoms with Crippen molar-refractivity contribution in [1.29, 1.82) is 0 Å². The molecule has 2 N–H and O–H groups in total. The lowest BCUT2D eigenvalue weighted by atomic mass is 10.2. The highest BCUT2D eigenvalue weighted by molar-refractivity contribution is 5.86. The van der Waals surface area contributed by atoms with Gasteiger partial charge in [0.15, 0.2) is 5.96 Å². The van der Waals surface area contributed by atoms with Crippen LogP contribution in [0.25, 0.3) is 0 Å². The molecule has 0 fully saturated rings. The van der Waals surface area contributed by atoms with E-state index in [1.807, 2.05) is 0 Å². The Bertz CT molecular complexity index is 516. The van der Waals surface area contributed by atoms with E-state index in [9.17, 15) is 9.18 Å². The number of aliphatic imine (C=N–C) groups is 1. The van der Waals surface area contributed by atoms with Crippen molar-refractivity contribution in [3.8, 4) is 0 Å². The molecule has 1 amide bonds. The van der Waals surface area contributed by atoms with E-state index < -0.39 is 0 Å². The topological polar surface area (TPSA) is 69.6 Å². The predicted octanol–water partition coefficient (Wildman–Crippen LogP) is 1.00. The summed E-state index contributed by atoms with van der Waals surface area (Å²) in [5, 5.41) is 6.06. The number of rotatable bonds is 6. The molecule has 0 atom stereocenters. The molecule has 0 spiro atoms. The fourth-order valence-electron chi connectivity index (χ4n) is 1.48. The number of likely N-dealkylation sites (N-methyl/N-ethyl adjacent to an activating group) is 1. The number of pyridine rings is 1. The molecule has 0 saturated heterocycles. The Morgan fingerprint density at radius 2 is 2.14 bits per heavy atom. The average Bonchev–Trinajstić information content (AvgIpc) is 2.47. The largest absolute Gasteiger partial charge is 0.356 e. The second kappa shape index (κ2) is 8.96. The third-order valence-electron chi connectivity index (χ3n) is 2.81. The van der Waals surface area contributed by atoms with Gasteiger partial charge < -0.3 is 15.5 Å². The molecule has 1 aromatic rings. The Balaban J connectivity index is 2.69. The fourth-order valence-corrected chi connectivity index (χ4v) is 1.48. The van der Waals surface area contributed by atoms with Crippen LogP contribution in [0.5, 0.6) is 0 Å². The smallest absolute Gasteiger partial charge is 0.241 e. The highest BCUT2D eigenvalue weighted by Crippen LogP contribution is 2.03. The standard InChI is InChI=1S/C15H24FN5O/c1-11(2)8-18-15(20-10-14(22)21(3)4)19-9-13-12(16)6-5-7-17-13/h5-7,11H,8-10H2,1-4H3,(H2,18,19,20). The van der Waals surface area contributed by atoms with Gasteiger partial charge in [0.05, 0.1) is 18.8 Å². The minimum atomic E-state index is -0.390. The molecule has 6 nitrogen and oxygen atoms in total. The highest BCUT2D eigenvalue weighted by atomic mass is 19.1. The van der Waals surface area contributed by atoms with Crippen molar-refractivity contribution in [3.63, 3.8) is 0 Å². The number of hydrogen-bond donors (Lipinski definition) is 2. The van der Waals surface area contributed by atoms with Crippen molar-refractivity contribution < 1.29 is 9.18 Å². The molecule has 0 aliphatic rings. The Morgan fingerprint density at radius 1 is 1.41 bits per heavy atom. The molecule has 1 heterocycles. The van der Waals surface area contributed by atoms with Crippen LogP contribution in [0.3, 0.4) is 0 Å². The molecule has 0 aliphatic heterocycles. The van der Waals surface area contributed by atoms with Crippen molar-refractivity contribution >= 4 is 11.9 Å². The van der Waals surface area contributed by atoms with Gasteiger partial charge in [-0.05, 0) is 18.1 Å². The molecule has 7 heteroatoms. The van der Waals surface area contributed by atoms with Gasteiger partial charge in [-0.3, -0.25) is 9.78 Å². The Hall–Kier alpha value is -2.18. The molecule has 0 radical (unpaired) electrons. The molecule has 22 heavy (non-hydrogen) atoms. The van der Waals surface area contributed by atoms with Gasteiger partial charge in [0.1, 0.15) is 5.82 Å². The van der Waals surface area contributed by atoms with Crippen LogP contribution in [-0.4, -0.2) is 48.9 Å². The number of aromatic nitrogens is 1. The molecule has 122 valence electrons.